The monoisotopic (exact) mass is 233 g/mol. The van der Waals surface area contributed by atoms with Crippen molar-refractivity contribution in [1.82, 2.24) is 15.2 Å². The minimum Gasteiger partial charge on any atom is -0.333 e. The number of hydrogen-bond donors (Lipinski definition) is 1. The number of amides is 1. The third kappa shape index (κ3) is 2.47. The fraction of sp³-hybridized carbons (Fsp3) is 0.538. The molecule has 1 aliphatic heterocycles. The summed E-state index contributed by atoms with van der Waals surface area (Å²) in [5.74, 6) is 0.0818. The molecule has 2 atom stereocenters. The third-order valence-electron chi connectivity index (χ3n) is 3.45. The second-order valence-corrected chi connectivity index (χ2v) is 4.67. The molecule has 0 aliphatic carbocycles. The van der Waals surface area contributed by atoms with Gasteiger partial charge < -0.3 is 10.2 Å². The molecule has 1 N–H and O–H groups in total. The van der Waals surface area contributed by atoms with Crippen molar-refractivity contribution in [3.05, 3.63) is 29.6 Å². The van der Waals surface area contributed by atoms with Crippen LogP contribution in [0.15, 0.2) is 18.3 Å². The fourth-order valence-electron chi connectivity index (χ4n) is 2.10. The van der Waals surface area contributed by atoms with Crippen LogP contribution in [0.4, 0.5) is 0 Å². The van der Waals surface area contributed by atoms with Crippen molar-refractivity contribution in [2.75, 3.05) is 13.1 Å². The number of pyridine rings is 1. The van der Waals surface area contributed by atoms with E-state index < -0.39 is 0 Å². The maximum Gasteiger partial charge on any atom is 0.255 e. The first-order chi connectivity index (χ1) is 8.09. The number of aromatic nitrogens is 1. The number of hydrogen-bond acceptors (Lipinski definition) is 3. The fourth-order valence-corrected chi connectivity index (χ4v) is 2.10. The largest absolute Gasteiger partial charge is 0.333 e. The van der Waals surface area contributed by atoms with Crippen LogP contribution in [0.1, 0.15) is 29.9 Å². The van der Waals surface area contributed by atoms with Crippen LogP contribution in [0.2, 0.25) is 0 Å². The van der Waals surface area contributed by atoms with Gasteiger partial charge in [-0.2, -0.15) is 0 Å². The molecule has 1 amide bonds. The standard InChI is InChI=1S/C13H19N3O/c1-9-4-5-12(8-15-9)13(17)16-7-6-14-10(2)11(16)3/h4-5,8,10-11,14H,6-7H2,1-3H3. The summed E-state index contributed by atoms with van der Waals surface area (Å²) in [5, 5.41) is 3.37. The van der Waals surface area contributed by atoms with Gasteiger partial charge in [0.25, 0.3) is 5.91 Å². The first-order valence-corrected chi connectivity index (χ1v) is 6.06. The van der Waals surface area contributed by atoms with Crippen LogP contribution < -0.4 is 5.32 Å². The van der Waals surface area contributed by atoms with E-state index in [2.05, 4.69) is 24.1 Å². The molecule has 1 aromatic rings. The highest BCUT2D eigenvalue weighted by Gasteiger charge is 2.28. The first kappa shape index (κ1) is 12.0. The quantitative estimate of drug-likeness (QED) is 0.793. The number of carbonyl (C=O) groups excluding carboxylic acids is 1. The van der Waals surface area contributed by atoms with Crippen molar-refractivity contribution in [1.29, 1.82) is 0 Å². The molecule has 0 aromatic carbocycles. The van der Waals surface area contributed by atoms with Crippen molar-refractivity contribution in [2.24, 2.45) is 0 Å². The van der Waals surface area contributed by atoms with Gasteiger partial charge >= 0.3 is 0 Å². The second kappa shape index (κ2) is 4.84. The van der Waals surface area contributed by atoms with Crippen LogP contribution in [-0.4, -0.2) is 41.0 Å². The molecule has 2 heterocycles. The Labute approximate surface area is 102 Å². The molecule has 4 heteroatoms. The van der Waals surface area contributed by atoms with Gasteiger partial charge in [0, 0.05) is 37.1 Å². The summed E-state index contributed by atoms with van der Waals surface area (Å²) < 4.78 is 0. The number of aryl methyl sites for hydroxylation is 1. The van der Waals surface area contributed by atoms with E-state index in [4.69, 9.17) is 0 Å². The maximum atomic E-state index is 12.3. The minimum atomic E-state index is 0.0818. The molecule has 92 valence electrons. The molecule has 1 aromatic heterocycles. The summed E-state index contributed by atoms with van der Waals surface area (Å²) in [4.78, 5) is 18.4. The van der Waals surface area contributed by atoms with Crippen LogP contribution in [-0.2, 0) is 0 Å². The smallest absolute Gasteiger partial charge is 0.255 e. The lowest BCUT2D eigenvalue weighted by Gasteiger charge is -2.38. The van der Waals surface area contributed by atoms with E-state index in [1.165, 1.54) is 0 Å². The van der Waals surface area contributed by atoms with Gasteiger partial charge in [-0.3, -0.25) is 9.78 Å². The molecule has 1 saturated heterocycles. The van der Waals surface area contributed by atoms with E-state index in [0.29, 0.717) is 11.6 Å². The Morgan fingerprint density at radius 1 is 1.47 bits per heavy atom. The topological polar surface area (TPSA) is 45.2 Å². The number of piperazine rings is 1. The Kier molecular flexibility index (Phi) is 3.43. The first-order valence-electron chi connectivity index (χ1n) is 6.06. The zero-order valence-electron chi connectivity index (χ0n) is 10.6. The van der Waals surface area contributed by atoms with Gasteiger partial charge in [0.1, 0.15) is 0 Å². The second-order valence-electron chi connectivity index (χ2n) is 4.67. The van der Waals surface area contributed by atoms with Gasteiger partial charge in [-0.05, 0) is 32.9 Å². The predicted molar refractivity (Wildman–Crippen MR) is 66.9 cm³/mol. The Bertz CT molecular complexity index is 402. The molecule has 0 bridgehead atoms. The van der Waals surface area contributed by atoms with E-state index in [1.54, 1.807) is 6.20 Å². The van der Waals surface area contributed by atoms with Gasteiger partial charge in [0.05, 0.1) is 5.56 Å². The van der Waals surface area contributed by atoms with E-state index in [-0.39, 0.29) is 11.9 Å². The molecule has 1 aliphatic rings. The molecular formula is C13H19N3O. The Hall–Kier alpha value is -1.42. The van der Waals surface area contributed by atoms with Crippen molar-refractivity contribution in [3.63, 3.8) is 0 Å². The van der Waals surface area contributed by atoms with E-state index in [9.17, 15) is 4.79 Å². The highest BCUT2D eigenvalue weighted by molar-refractivity contribution is 5.94. The van der Waals surface area contributed by atoms with Crippen molar-refractivity contribution in [3.8, 4) is 0 Å². The number of nitrogens with zero attached hydrogens (tertiary/aromatic N) is 2. The van der Waals surface area contributed by atoms with Gasteiger partial charge in [-0.25, -0.2) is 0 Å². The highest BCUT2D eigenvalue weighted by Crippen LogP contribution is 2.13. The molecule has 0 saturated carbocycles. The average molecular weight is 233 g/mol. The van der Waals surface area contributed by atoms with Crippen LogP contribution in [0.3, 0.4) is 0 Å². The Balaban J connectivity index is 2.16. The SMILES string of the molecule is Cc1ccc(C(=O)N2CCNC(C)C2C)cn1. The van der Waals surface area contributed by atoms with Crippen LogP contribution in [0, 0.1) is 6.92 Å². The van der Waals surface area contributed by atoms with Crippen molar-refractivity contribution in [2.45, 2.75) is 32.9 Å². The molecular weight excluding hydrogens is 214 g/mol. The summed E-state index contributed by atoms with van der Waals surface area (Å²) in [6.07, 6.45) is 1.66. The molecule has 0 spiro atoms. The minimum absolute atomic E-state index is 0.0818. The molecule has 4 nitrogen and oxygen atoms in total. The molecule has 0 radical (unpaired) electrons. The third-order valence-corrected chi connectivity index (χ3v) is 3.45. The summed E-state index contributed by atoms with van der Waals surface area (Å²) >= 11 is 0. The van der Waals surface area contributed by atoms with E-state index in [1.807, 2.05) is 24.0 Å². The lowest BCUT2D eigenvalue weighted by molar-refractivity contribution is 0.0602. The number of nitrogens with one attached hydrogen (secondary N) is 1. The molecule has 1 fully saturated rings. The van der Waals surface area contributed by atoms with Gasteiger partial charge in [-0.1, -0.05) is 0 Å². The lowest BCUT2D eigenvalue weighted by Crippen LogP contribution is -2.57. The average Bonchev–Trinajstić information content (AvgIpc) is 2.33. The van der Waals surface area contributed by atoms with Gasteiger partial charge in [-0.15, -0.1) is 0 Å². The van der Waals surface area contributed by atoms with Gasteiger partial charge in [0.2, 0.25) is 0 Å². The zero-order chi connectivity index (χ0) is 12.4. The molecule has 2 rings (SSSR count). The van der Waals surface area contributed by atoms with E-state index in [0.717, 1.165) is 18.8 Å². The lowest BCUT2D eigenvalue weighted by atomic mass is 10.1. The normalized spacial score (nSPS) is 24.8. The summed E-state index contributed by atoms with van der Waals surface area (Å²) in [6.45, 7) is 7.73. The van der Waals surface area contributed by atoms with Crippen molar-refractivity contribution >= 4 is 5.91 Å². The molecule has 2 unspecified atom stereocenters. The van der Waals surface area contributed by atoms with Crippen LogP contribution in [0.5, 0.6) is 0 Å². The van der Waals surface area contributed by atoms with Crippen LogP contribution >= 0.6 is 0 Å². The Morgan fingerprint density at radius 2 is 2.24 bits per heavy atom. The number of rotatable bonds is 1. The summed E-state index contributed by atoms with van der Waals surface area (Å²) in [5.41, 5.74) is 1.61. The number of carbonyl (C=O) groups is 1. The Morgan fingerprint density at radius 3 is 2.88 bits per heavy atom. The summed E-state index contributed by atoms with van der Waals surface area (Å²) in [6, 6.07) is 4.29. The highest BCUT2D eigenvalue weighted by atomic mass is 16.2. The summed E-state index contributed by atoms with van der Waals surface area (Å²) in [7, 11) is 0. The zero-order valence-corrected chi connectivity index (χ0v) is 10.6. The molecule has 17 heavy (non-hydrogen) atoms. The van der Waals surface area contributed by atoms with Gasteiger partial charge in [0.15, 0.2) is 0 Å². The predicted octanol–water partition coefficient (Wildman–Crippen LogP) is 1.21. The van der Waals surface area contributed by atoms with Crippen molar-refractivity contribution < 1.29 is 4.79 Å². The van der Waals surface area contributed by atoms with Crippen LogP contribution in [0.25, 0.3) is 0 Å². The maximum absolute atomic E-state index is 12.3. The van der Waals surface area contributed by atoms with E-state index >= 15 is 0 Å².